The lowest BCUT2D eigenvalue weighted by molar-refractivity contribution is -0.634. The number of carbonyl (C=O) groups is 1. The van der Waals surface area contributed by atoms with Crippen LogP contribution >= 0.6 is 11.8 Å². The molecule has 0 spiro atoms. The molecule has 6 heteroatoms. The molecule has 0 saturated heterocycles. The second-order valence-electron chi connectivity index (χ2n) is 6.36. The van der Waals surface area contributed by atoms with Crippen LogP contribution in [0.15, 0.2) is 83.9 Å². The molecule has 0 radical (unpaired) electrons. The molecule has 0 unspecified atom stereocenters. The Labute approximate surface area is 172 Å². The SMILES string of the molecule is COc1ccc(C(=O)CSc2c3ccccc3nc(-c3ccccc3)[n+]2[O-])cc1. The minimum atomic E-state index is -0.0557. The van der Waals surface area contributed by atoms with Crippen LogP contribution in [-0.4, -0.2) is 23.6 Å². The molecule has 1 heterocycles. The number of fused-ring (bicyclic) bond motifs is 1. The van der Waals surface area contributed by atoms with E-state index in [1.807, 2.05) is 54.6 Å². The summed E-state index contributed by atoms with van der Waals surface area (Å²) in [6.45, 7) is 0. The van der Waals surface area contributed by atoms with Crippen molar-refractivity contribution in [2.24, 2.45) is 0 Å². The summed E-state index contributed by atoms with van der Waals surface area (Å²) in [4.78, 5) is 17.2. The number of benzene rings is 3. The molecule has 0 atom stereocenters. The van der Waals surface area contributed by atoms with Crippen LogP contribution in [-0.2, 0) is 0 Å². The van der Waals surface area contributed by atoms with E-state index in [-0.39, 0.29) is 11.5 Å². The fourth-order valence-electron chi connectivity index (χ4n) is 3.02. The third-order valence-electron chi connectivity index (χ3n) is 4.52. The molecule has 0 aliphatic rings. The van der Waals surface area contributed by atoms with Gasteiger partial charge in [-0.05, 0) is 53.5 Å². The third-order valence-corrected chi connectivity index (χ3v) is 5.59. The second kappa shape index (κ2) is 8.32. The highest BCUT2D eigenvalue weighted by atomic mass is 32.2. The molecule has 0 aliphatic heterocycles. The van der Waals surface area contributed by atoms with E-state index < -0.39 is 0 Å². The molecule has 3 aromatic carbocycles. The molecule has 29 heavy (non-hydrogen) atoms. The van der Waals surface area contributed by atoms with E-state index in [4.69, 9.17) is 4.74 Å². The summed E-state index contributed by atoms with van der Waals surface area (Å²) in [6.07, 6.45) is 0. The number of ether oxygens (including phenoxy) is 1. The molecule has 0 bridgehead atoms. The number of methoxy groups -OCH3 is 1. The number of ketones is 1. The molecule has 0 fully saturated rings. The summed E-state index contributed by atoms with van der Waals surface area (Å²) in [6, 6.07) is 23.8. The van der Waals surface area contributed by atoms with Crippen LogP contribution in [0.3, 0.4) is 0 Å². The molecule has 0 aliphatic carbocycles. The Morgan fingerprint density at radius 2 is 1.69 bits per heavy atom. The Balaban J connectivity index is 1.68. The summed E-state index contributed by atoms with van der Waals surface area (Å²) in [5.74, 6) is 1.11. The van der Waals surface area contributed by atoms with Gasteiger partial charge < -0.3 is 9.94 Å². The normalized spacial score (nSPS) is 10.8. The van der Waals surface area contributed by atoms with E-state index in [1.54, 1.807) is 31.4 Å². The van der Waals surface area contributed by atoms with Gasteiger partial charge in [-0.2, -0.15) is 0 Å². The average Bonchev–Trinajstić information content (AvgIpc) is 2.78. The molecular weight excluding hydrogens is 384 g/mol. The lowest BCUT2D eigenvalue weighted by Gasteiger charge is -2.13. The zero-order valence-corrected chi connectivity index (χ0v) is 16.6. The predicted octanol–water partition coefficient (Wildman–Crippen LogP) is 4.52. The Hall–Kier alpha value is -3.38. The largest absolute Gasteiger partial charge is 0.710 e. The number of rotatable bonds is 6. The zero-order valence-electron chi connectivity index (χ0n) is 15.7. The van der Waals surface area contributed by atoms with Gasteiger partial charge in [-0.15, -0.1) is 0 Å². The van der Waals surface area contributed by atoms with Crippen LogP contribution in [0.1, 0.15) is 10.4 Å². The van der Waals surface area contributed by atoms with E-state index >= 15 is 0 Å². The van der Waals surface area contributed by atoms with Gasteiger partial charge >= 0.3 is 5.82 Å². The topological polar surface area (TPSA) is 66.1 Å². The second-order valence-corrected chi connectivity index (χ2v) is 7.32. The van der Waals surface area contributed by atoms with Gasteiger partial charge in [-0.1, -0.05) is 42.1 Å². The molecule has 0 amide bonds. The number of Topliss-reactive ketones (excluding diaryl/α,β-unsaturated/α-hetero) is 1. The number of carbonyl (C=O) groups excluding carboxylic acids is 1. The van der Waals surface area contributed by atoms with Crippen molar-refractivity contribution in [3.63, 3.8) is 0 Å². The van der Waals surface area contributed by atoms with Gasteiger partial charge in [-0.25, -0.2) is 4.73 Å². The highest BCUT2D eigenvalue weighted by molar-refractivity contribution is 8.00. The predicted molar refractivity (Wildman–Crippen MR) is 114 cm³/mol. The maximum atomic E-state index is 13.1. The van der Waals surface area contributed by atoms with Crippen LogP contribution in [0.4, 0.5) is 0 Å². The molecule has 4 rings (SSSR count). The van der Waals surface area contributed by atoms with Gasteiger partial charge in [0.2, 0.25) is 0 Å². The van der Waals surface area contributed by atoms with Crippen LogP contribution < -0.4 is 9.47 Å². The minimum Gasteiger partial charge on any atom is -0.710 e. The maximum absolute atomic E-state index is 13.1. The summed E-state index contributed by atoms with van der Waals surface area (Å²) >= 11 is 1.23. The van der Waals surface area contributed by atoms with Crippen molar-refractivity contribution in [1.82, 2.24) is 4.98 Å². The van der Waals surface area contributed by atoms with Gasteiger partial charge in [-0.3, -0.25) is 4.79 Å². The van der Waals surface area contributed by atoms with Crippen LogP contribution in [0, 0.1) is 5.21 Å². The van der Waals surface area contributed by atoms with Gasteiger partial charge in [0.1, 0.15) is 5.75 Å². The van der Waals surface area contributed by atoms with Crippen molar-refractivity contribution in [3.05, 3.63) is 89.6 Å². The Bertz CT molecular complexity index is 1160. The molecular formula is C23H18N2O3S. The standard InChI is InChI=1S/C23H18N2O3S/c1-28-18-13-11-16(12-14-18)21(26)15-29-23-19-9-5-6-10-20(19)24-22(25(23)27)17-7-3-2-4-8-17/h2-14H,15H2,1H3. The summed E-state index contributed by atoms with van der Waals surface area (Å²) in [5, 5.41) is 14.3. The first-order chi connectivity index (χ1) is 14.2. The van der Waals surface area contributed by atoms with E-state index in [0.717, 1.165) is 21.2 Å². The van der Waals surface area contributed by atoms with Crippen LogP contribution in [0.25, 0.3) is 22.3 Å². The maximum Gasteiger partial charge on any atom is 0.334 e. The molecule has 1 aromatic heterocycles. The van der Waals surface area contributed by atoms with E-state index in [1.165, 1.54) is 11.8 Å². The van der Waals surface area contributed by atoms with Gasteiger partial charge in [0.15, 0.2) is 16.3 Å². The van der Waals surface area contributed by atoms with E-state index in [9.17, 15) is 10.0 Å². The number of hydrogen-bond acceptors (Lipinski definition) is 5. The molecule has 4 aromatic rings. The fourth-order valence-corrected chi connectivity index (χ4v) is 3.98. The first-order valence-electron chi connectivity index (χ1n) is 9.05. The number of nitrogens with zero attached hydrogens (tertiary/aromatic N) is 2. The molecule has 0 N–H and O–H groups in total. The van der Waals surface area contributed by atoms with Gasteiger partial charge in [0.25, 0.3) is 0 Å². The molecule has 144 valence electrons. The van der Waals surface area contributed by atoms with E-state index in [2.05, 4.69) is 4.98 Å². The summed E-state index contributed by atoms with van der Waals surface area (Å²) in [5.41, 5.74) is 2.03. The summed E-state index contributed by atoms with van der Waals surface area (Å²) in [7, 11) is 1.58. The zero-order chi connectivity index (χ0) is 20.2. The van der Waals surface area contributed by atoms with Crippen LogP contribution in [0.2, 0.25) is 0 Å². The minimum absolute atomic E-state index is 0.0557. The van der Waals surface area contributed by atoms with Crippen molar-refractivity contribution < 1.29 is 14.3 Å². The third kappa shape index (κ3) is 3.93. The highest BCUT2D eigenvalue weighted by Gasteiger charge is 2.21. The smallest absolute Gasteiger partial charge is 0.334 e. The number of aromatic nitrogens is 2. The Morgan fingerprint density at radius 1 is 1.00 bits per heavy atom. The monoisotopic (exact) mass is 402 g/mol. The summed E-state index contributed by atoms with van der Waals surface area (Å²) < 4.78 is 5.95. The quantitative estimate of drug-likeness (QED) is 0.156. The van der Waals surface area contributed by atoms with Crippen molar-refractivity contribution in [2.45, 2.75) is 5.03 Å². The van der Waals surface area contributed by atoms with Gasteiger partial charge in [0, 0.05) is 5.56 Å². The molecule has 0 saturated carbocycles. The lowest BCUT2D eigenvalue weighted by atomic mass is 10.1. The average molecular weight is 402 g/mol. The highest BCUT2D eigenvalue weighted by Crippen LogP contribution is 2.27. The Morgan fingerprint density at radius 3 is 2.41 bits per heavy atom. The van der Waals surface area contributed by atoms with Crippen molar-refractivity contribution in [2.75, 3.05) is 12.9 Å². The number of hydrogen-bond donors (Lipinski definition) is 0. The van der Waals surface area contributed by atoms with Crippen LogP contribution in [0.5, 0.6) is 5.75 Å². The first-order valence-corrected chi connectivity index (χ1v) is 10.0. The van der Waals surface area contributed by atoms with Crippen molar-refractivity contribution in [1.29, 1.82) is 0 Å². The first kappa shape index (κ1) is 19.0. The lowest BCUT2D eigenvalue weighted by Crippen LogP contribution is -2.34. The van der Waals surface area contributed by atoms with E-state index in [0.29, 0.717) is 22.2 Å². The fraction of sp³-hybridized carbons (Fsp3) is 0.0870. The number of thioether (sulfide) groups is 1. The van der Waals surface area contributed by atoms with Gasteiger partial charge in [0.05, 0.1) is 23.8 Å². The Kier molecular flexibility index (Phi) is 5.44. The van der Waals surface area contributed by atoms with Crippen molar-refractivity contribution in [3.8, 4) is 17.1 Å². The van der Waals surface area contributed by atoms with Crippen molar-refractivity contribution >= 4 is 28.4 Å². The molecule has 5 nitrogen and oxygen atoms in total. The number of para-hydroxylation sites is 1.